The van der Waals surface area contributed by atoms with Gasteiger partial charge in [-0.1, -0.05) is 23.7 Å². The predicted octanol–water partition coefficient (Wildman–Crippen LogP) is 2.67. The van der Waals surface area contributed by atoms with Crippen molar-refractivity contribution >= 4 is 17.5 Å². The van der Waals surface area contributed by atoms with Crippen LogP contribution in [0.5, 0.6) is 0 Å². The van der Waals surface area contributed by atoms with Crippen molar-refractivity contribution in [3.63, 3.8) is 0 Å². The molecule has 0 aliphatic carbocycles. The number of benzene rings is 1. The first-order valence-electron chi connectivity index (χ1n) is 7.82. The molecule has 1 aromatic heterocycles. The summed E-state index contributed by atoms with van der Waals surface area (Å²) in [6.45, 7) is 1.78. The third-order valence-corrected chi connectivity index (χ3v) is 4.39. The Morgan fingerprint density at radius 2 is 2.26 bits per heavy atom. The zero-order valence-corrected chi connectivity index (χ0v) is 13.6. The summed E-state index contributed by atoms with van der Waals surface area (Å²) in [5.41, 5.74) is 1.08. The smallest absolute Gasteiger partial charge is 0.225 e. The van der Waals surface area contributed by atoms with Gasteiger partial charge in [0.2, 0.25) is 5.91 Å². The molecule has 0 spiro atoms. The van der Waals surface area contributed by atoms with Crippen molar-refractivity contribution in [3.05, 3.63) is 53.6 Å². The molecule has 1 fully saturated rings. The number of carbonyl (C=O) groups is 1. The molecule has 1 saturated heterocycles. The lowest BCUT2D eigenvalue weighted by atomic mass is 10.0. The fourth-order valence-corrected chi connectivity index (χ4v) is 2.95. The minimum Gasteiger partial charge on any atom is -0.381 e. The number of imidazole rings is 1. The topological polar surface area (TPSA) is 56.2 Å². The number of hydrogen-bond acceptors (Lipinski definition) is 3. The molecule has 122 valence electrons. The summed E-state index contributed by atoms with van der Waals surface area (Å²) in [6.07, 6.45) is 7.23. The van der Waals surface area contributed by atoms with E-state index < -0.39 is 0 Å². The lowest BCUT2D eigenvalue weighted by molar-refractivity contribution is -0.129. The van der Waals surface area contributed by atoms with Gasteiger partial charge in [-0.25, -0.2) is 4.98 Å². The molecule has 1 aliphatic heterocycles. The van der Waals surface area contributed by atoms with Crippen molar-refractivity contribution in [3.8, 4) is 0 Å². The van der Waals surface area contributed by atoms with Gasteiger partial charge in [0, 0.05) is 30.6 Å². The molecule has 2 atom stereocenters. The fourth-order valence-electron chi connectivity index (χ4n) is 2.82. The molecule has 0 unspecified atom stereocenters. The van der Waals surface area contributed by atoms with Crippen LogP contribution in [0.4, 0.5) is 0 Å². The van der Waals surface area contributed by atoms with Gasteiger partial charge >= 0.3 is 0 Å². The molecular weight excluding hydrogens is 314 g/mol. The van der Waals surface area contributed by atoms with Crippen LogP contribution in [0.3, 0.4) is 0 Å². The number of ether oxygens (including phenoxy) is 1. The van der Waals surface area contributed by atoms with E-state index >= 15 is 0 Å². The average molecular weight is 334 g/mol. The van der Waals surface area contributed by atoms with Crippen molar-refractivity contribution in [1.29, 1.82) is 0 Å². The largest absolute Gasteiger partial charge is 0.381 e. The van der Waals surface area contributed by atoms with Crippen LogP contribution < -0.4 is 5.32 Å². The van der Waals surface area contributed by atoms with Gasteiger partial charge in [0.05, 0.1) is 24.9 Å². The van der Waals surface area contributed by atoms with Crippen LogP contribution in [0.2, 0.25) is 5.02 Å². The molecule has 5 nitrogen and oxygen atoms in total. The highest BCUT2D eigenvalue weighted by molar-refractivity contribution is 6.30. The third kappa shape index (κ3) is 4.12. The highest BCUT2D eigenvalue weighted by Gasteiger charge is 2.23. The van der Waals surface area contributed by atoms with Crippen molar-refractivity contribution in [1.82, 2.24) is 14.9 Å². The van der Waals surface area contributed by atoms with E-state index in [0.717, 1.165) is 25.0 Å². The van der Waals surface area contributed by atoms with Gasteiger partial charge in [-0.05, 0) is 30.5 Å². The van der Waals surface area contributed by atoms with Gasteiger partial charge in [-0.3, -0.25) is 4.79 Å². The quantitative estimate of drug-likeness (QED) is 0.915. The van der Waals surface area contributed by atoms with Crippen LogP contribution in [-0.2, 0) is 9.53 Å². The maximum Gasteiger partial charge on any atom is 0.225 e. The van der Waals surface area contributed by atoms with Gasteiger partial charge in [0.25, 0.3) is 0 Å². The van der Waals surface area contributed by atoms with Crippen molar-refractivity contribution in [2.24, 2.45) is 5.92 Å². The second kappa shape index (κ2) is 7.62. The van der Waals surface area contributed by atoms with Gasteiger partial charge in [0.1, 0.15) is 0 Å². The second-order valence-electron chi connectivity index (χ2n) is 5.74. The number of rotatable bonds is 5. The summed E-state index contributed by atoms with van der Waals surface area (Å²) in [7, 11) is 0. The molecule has 2 heterocycles. The van der Waals surface area contributed by atoms with Crippen LogP contribution in [0.1, 0.15) is 24.4 Å². The molecule has 0 radical (unpaired) electrons. The number of amides is 1. The van der Waals surface area contributed by atoms with Crippen LogP contribution in [0, 0.1) is 5.92 Å². The molecule has 3 rings (SSSR count). The monoisotopic (exact) mass is 333 g/mol. The fraction of sp³-hybridized carbons (Fsp3) is 0.412. The predicted molar refractivity (Wildman–Crippen MR) is 88.4 cm³/mol. The number of nitrogens with one attached hydrogen (secondary N) is 1. The Hall–Kier alpha value is -1.85. The van der Waals surface area contributed by atoms with Gasteiger partial charge in [-0.15, -0.1) is 0 Å². The Labute approximate surface area is 140 Å². The van der Waals surface area contributed by atoms with Crippen LogP contribution in [0.15, 0.2) is 43.0 Å². The summed E-state index contributed by atoms with van der Waals surface area (Å²) in [5.74, 6) is 0.0150. The maximum absolute atomic E-state index is 12.3. The Morgan fingerprint density at radius 1 is 1.43 bits per heavy atom. The molecule has 0 bridgehead atoms. The highest BCUT2D eigenvalue weighted by atomic mass is 35.5. The molecule has 2 aromatic rings. The van der Waals surface area contributed by atoms with E-state index in [1.54, 1.807) is 12.5 Å². The number of carbonyl (C=O) groups excluding carboxylic acids is 1. The van der Waals surface area contributed by atoms with E-state index in [1.807, 2.05) is 35.0 Å². The summed E-state index contributed by atoms with van der Waals surface area (Å²) in [6, 6.07) is 7.66. The summed E-state index contributed by atoms with van der Waals surface area (Å²) >= 11 is 5.97. The number of halogens is 1. The average Bonchev–Trinajstić information content (AvgIpc) is 3.11. The highest BCUT2D eigenvalue weighted by Crippen LogP contribution is 2.20. The first-order chi connectivity index (χ1) is 11.2. The Balaban J connectivity index is 1.69. The summed E-state index contributed by atoms with van der Waals surface area (Å²) in [4.78, 5) is 16.4. The normalized spacial score (nSPS) is 19.3. The minimum absolute atomic E-state index is 0.0109. The van der Waals surface area contributed by atoms with Crippen molar-refractivity contribution in [2.45, 2.75) is 18.9 Å². The molecule has 1 amide bonds. The zero-order valence-electron chi connectivity index (χ0n) is 12.8. The number of nitrogens with zero attached hydrogens (tertiary/aromatic N) is 2. The zero-order chi connectivity index (χ0) is 16.1. The Morgan fingerprint density at radius 3 is 2.91 bits per heavy atom. The lowest BCUT2D eigenvalue weighted by Gasteiger charge is -2.24. The van der Waals surface area contributed by atoms with E-state index in [2.05, 4.69) is 10.3 Å². The molecule has 23 heavy (non-hydrogen) atoms. The molecular formula is C17H20ClN3O2. The van der Waals surface area contributed by atoms with E-state index in [-0.39, 0.29) is 17.9 Å². The van der Waals surface area contributed by atoms with Crippen LogP contribution in [0.25, 0.3) is 0 Å². The first-order valence-corrected chi connectivity index (χ1v) is 8.20. The first kappa shape index (κ1) is 16.0. The summed E-state index contributed by atoms with van der Waals surface area (Å²) in [5, 5.41) is 3.75. The third-order valence-electron chi connectivity index (χ3n) is 4.14. The van der Waals surface area contributed by atoms with Crippen LogP contribution >= 0.6 is 11.6 Å². The standard InChI is InChI=1S/C17H20ClN3O2/c18-15-5-3-13(4-6-15)16(21-8-7-19-12-21)10-20-17(22)14-2-1-9-23-11-14/h3-8,12,14,16H,1-2,9-11H2,(H,20,22)/t14-,16+/m1/s1. The van der Waals surface area contributed by atoms with E-state index in [4.69, 9.17) is 16.3 Å². The lowest BCUT2D eigenvalue weighted by Crippen LogP contribution is -2.38. The molecule has 6 heteroatoms. The molecule has 1 N–H and O–H groups in total. The van der Waals surface area contributed by atoms with E-state index in [0.29, 0.717) is 18.2 Å². The number of aromatic nitrogens is 2. The molecule has 1 aliphatic rings. The van der Waals surface area contributed by atoms with E-state index in [1.165, 1.54) is 0 Å². The second-order valence-corrected chi connectivity index (χ2v) is 6.17. The van der Waals surface area contributed by atoms with Crippen molar-refractivity contribution in [2.75, 3.05) is 19.8 Å². The minimum atomic E-state index is -0.0441. The SMILES string of the molecule is O=C(NC[C@@H](c1ccc(Cl)cc1)n1ccnc1)[C@@H]1CCCOC1. The van der Waals surface area contributed by atoms with Gasteiger partial charge in [0.15, 0.2) is 0 Å². The molecule has 1 aromatic carbocycles. The van der Waals surface area contributed by atoms with Gasteiger partial charge < -0.3 is 14.6 Å². The van der Waals surface area contributed by atoms with Crippen molar-refractivity contribution < 1.29 is 9.53 Å². The van der Waals surface area contributed by atoms with Gasteiger partial charge in [-0.2, -0.15) is 0 Å². The maximum atomic E-state index is 12.3. The van der Waals surface area contributed by atoms with Crippen LogP contribution in [-0.4, -0.2) is 35.2 Å². The summed E-state index contributed by atoms with van der Waals surface area (Å²) < 4.78 is 7.38. The Bertz CT molecular complexity index is 622. The molecule has 0 saturated carbocycles. The Kier molecular flexibility index (Phi) is 5.31. The number of hydrogen-bond donors (Lipinski definition) is 1. The van der Waals surface area contributed by atoms with E-state index in [9.17, 15) is 4.79 Å².